The fourth-order valence-electron chi connectivity index (χ4n) is 1.73. The molecule has 0 bridgehead atoms. The predicted octanol–water partition coefficient (Wildman–Crippen LogP) is 1.87. The zero-order valence-corrected chi connectivity index (χ0v) is 11.5. The van der Waals surface area contributed by atoms with Crippen LogP contribution in [0.5, 0.6) is 0 Å². The number of alkyl halides is 1. The number of aryl methyl sites for hydroxylation is 1. The standard InChI is InChI=1S/C11H14FN3O.2ClH/c1-7-5-13-3-2-9(7)15-11(16)10-4-8(12)6-14-10;;/h2-3,5,8,10,14H,4,6H2,1H3,(H,13,15,16);2*1H/t8-,10+;;/m0../s1. The Kier molecular flexibility index (Phi) is 7.13. The van der Waals surface area contributed by atoms with Gasteiger partial charge in [0.2, 0.25) is 5.91 Å². The summed E-state index contributed by atoms with van der Waals surface area (Å²) < 4.78 is 12.9. The number of amides is 1. The lowest BCUT2D eigenvalue weighted by Crippen LogP contribution is -2.35. The first-order valence-corrected chi connectivity index (χ1v) is 5.26. The van der Waals surface area contributed by atoms with Gasteiger partial charge in [-0.3, -0.25) is 9.78 Å². The summed E-state index contributed by atoms with van der Waals surface area (Å²) in [5.74, 6) is -0.186. The molecule has 1 amide bonds. The molecule has 0 saturated carbocycles. The minimum Gasteiger partial charge on any atom is -0.324 e. The molecule has 18 heavy (non-hydrogen) atoms. The lowest BCUT2D eigenvalue weighted by molar-refractivity contribution is -0.117. The van der Waals surface area contributed by atoms with Crippen LogP contribution in [-0.2, 0) is 4.79 Å². The second-order valence-electron chi connectivity index (χ2n) is 3.97. The zero-order valence-electron chi connectivity index (χ0n) is 9.85. The van der Waals surface area contributed by atoms with Crippen molar-refractivity contribution in [2.24, 2.45) is 0 Å². The highest BCUT2D eigenvalue weighted by atomic mass is 35.5. The monoisotopic (exact) mass is 295 g/mol. The normalized spacial score (nSPS) is 21.7. The highest BCUT2D eigenvalue weighted by Gasteiger charge is 2.29. The minimum atomic E-state index is -0.922. The minimum absolute atomic E-state index is 0. The van der Waals surface area contributed by atoms with Gasteiger partial charge in [-0.15, -0.1) is 24.8 Å². The van der Waals surface area contributed by atoms with Crippen LogP contribution in [0.2, 0.25) is 0 Å². The van der Waals surface area contributed by atoms with Crippen LogP contribution >= 0.6 is 24.8 Å². The van der Waals surface area contributed by atoms with E-state index in [4.69, 9.17) is 0 Å². The van der Waals surface area contributed by atoms with Crippen molar-refractivity contribution in [2.75, 3.05) is 11.9 Å². The lowest BCUT2D eigenvalue weighted by atomic mass is 10.2. The Balaban J connectivity index is 0.00000144. The van der Waals surface area contributed by atoms with E-state index in [1.165, 1.54) is 0 Å². The molecule has 0 aliphatic carbocycles. The Morgan fingerprint density at radius 2 is 2.28 bits per heavy atom. The van der Waals surface area contributed by atoms with Gasteiger partial charge in [-0.2, -0.15) is 0 Å². The van der Waals surface area contributed by atoms with E-state index in [9.17, 15) is 9.18 Å². The molecule has 1 aliphatic rings. The Labute approximate surface area is 118 Å². The zero-order chi connectivity index (χ0) is 11.5. The molecule has 0 radical (unpaired) electrons. The van der Waals surface area contributed by atoms with Crippen LogP contribution in [0.15, 0.2) is 18.5 Å². The van der Waals surface area contributed by atoms with Crippen LogP contribution in [0, 0.1) is 6.92 Å². The van der Waals surface area contributed by atoms with Gasteiger partial charge in [0.25, 0.3) is 0 Å². The molecule has 1 saturated heterocycles. The van der Waals surface area contributed by atoms with Crippen molar-refractivity contribution >= 4 is 36.4 Å². The summed E-state index contributed by atoms with van der Waals surface area (Å²) >= 11 is 0. The summed E-state index contributed by atoms with van der Waals surface area (Å²) in [7, 11) is 0. The van der Waals surface area contributed by atoms with Crippen LogP contribution < -0.4 is 10.6 Å². The molecule has 0 aromatic carbocycles. The molecular formula is C11H16Cl2FN3O. The third-order valence-corrected chi connectivity index (χ3v) is 2.67. The Morgan fingerprint density at radius 1 is 1.56 bits per heavy atom. The smallest absolute Gasteiger partial charge is 0.241 e. The van der Waals surface area contributed by atoms with Crippen molar-refractivity contribution in [2.45, 2.75) is 25.6 Å². The maximum Gasteiger partial charge on any atom is 0.241 e. The first-order chi connectivity index (χ1) is 7.66. The average Bonchev–Trinajstić information content (AvgIpc) is 2.68. The maximum atomic E-state index is 12.9. The van der Waals surface area contributed by atoms with Crippen molar-refractivity contribution in [1.29, 1.82) is 0 Å². The van der Waals surface area contributed by atoms with Gasteiger partial charge in [0.1, 0.15) is 6.17 Å². The largest absolute Gasteiger partial charge is 0.324 e. The number of hydrogen-bond donors (Lipinski definition) is 2. The SMILES string of the molecule is Cc1cnccc1NC(=O)[C@H]1C[C@H](F)CN1.Cl.Cl. The molecule has 2 heterocycles. The Morgan fingerprint density at radius 3 is 2.83 bits per heavy atom. The topological polar surface area (TPSA) is 54.0 Å². The van der Waals surface area contributed by atoms with Gasteiger partial charge in [0.15, 0.2) is 0 Å². The molecule has 2 rings (SSSR count). The van der Waals surface area contributed by atoms with Crippen molar-refractivity contribution in [1.82, 2.24) is 10.3 Å². The van der Waals surface area contributed by atoms with Crippen molar-refractivity contribution in [3.8, 4) is 0 Å². The number of pyridine rings is 1. The van der Waals surface area contributed by atoms with Crippen LogP contribution in [0.1, 0.15) is 12.0 Å². The molecule has 0 spiro atoms. The van der Waals surface area contributed by atoms with Crippen LogP contribution in [-0.4, -0.2) is 29.6 Å². The number of carbonyl (C=O) groups is 1. The molecule has 1 aromatic heterocycles. The number of carbonyl (C=O) groups excluding carboxylic acids is 1. The van der Waals surface area contributed by atoms with Crippen molar-refractivity contribution < 1.29 is 9.18 Å². The number of aromatic nitrogens is 1. The average molecular weight is 296 g/mol. The van der Waals surface area contributed by atoms with Crippen LogP contribution in [0.4, 0.5) is 10.1 Å². The highest BCUT2D eigenvalue weighted by molar-refractivity contribution is 5.95. The Hall–Kier alpha value is -0.910. The highest BCUT2D eigenvalue weighted by Crippen LogP contribution is 2.15. The molecule has 4 nitrogen and oxygen atoms in total. The summed E-state index contributed by atoms with van der Waals surface area (Å²) in [5, 5.41) is 5.61. The fourth-order valence-corrected chi connectivity index (χ4v) is 1.73. The van der Waals surface area contributed by atoms with E-state index < -0.39 is 12.2 Å². The van der Waals surface area contributed by atoms with E-state index in [0.29, 0.717) is 0 Å². The van der Waals surface area contributed by atoms with Crippen molar-refractivity contribution in [3.63, 3.8) is 0 Å². The molecule has 1 fully saturated rings. The summed E-state index contributed by atoms with van der Waals surface area (Å²) in [5.41, 5.74) is 1.62. The Bertz CT molecular complexity index is 406. The first kappa shape index (κ1) is 17.1. The second kappa shape index (κ2) is 7.51. The van der Waals surface area contributed by atoms with Crippen LogP contribution in [0.25, 0.3) is 0 Å². The molecule has 2 N–H and O–H groups in total. The molecular weight excluding hydrogens is 280 g/mol. The second-order valence-corrected chi connectivity index (χ2v) is 3.97. The van der Waals surface area contributed by atoms with Gasteiger partial charge in [0.05, 0.1) is 6.04 Å². The molecule has 1 aliphatic heterocycles. The number of halogens is 3. The summed E-state index contributed by atoms with van der Waals surface area (Å²) in [6.45, 7) is 2.12. The van der Waals surface area contributed by atoms with Gasteiger partial charge in [-0.05, 0) is 18.6 Å². The predicted molar refractivity (Wildman–Crippen MR) is 73.4 cm³/mol. The fraction of sp³-hybridized carbons (Fsp3) is 0.455. The summed E-state index contributed by atoms with van der Waals surface area (Å²) in [4.78, 5) is 15.7. The van der Waals surface area contributed by atoms with E-state index in [2.05, 4.69) is 15.6 Å². The van der Waals surface area contributed by atoms with Gasteiger partial charge in [-0.1, -0.05) is 0 Å². The number of hydrogen-bond acceptors (Lipinski definition) is 3. The number of anilines is 1. The molecule has 2 atom stereocenters. The van der Waals surface area contributed by atoms with Gasteiger partial charge in [-0.25, -0.2) is 4.39 Å². The maximum absolute atomic E-state index is 12.9. The number of nitrogens with one attached hydrogen (secondary N) is 2. The van der Waals surface area contributed by atoms with E-state index in [1.54, 1.807) is 18.5 Å². The molecule has 102 valence electrons. The van der Waals surface area contributed by atoms with E-state index in [-0.39, 0.29) is 43.7 Å². The number of nitrogens with zero attached hydrogens (tertiary/aromatic N) is 1. The molecule has 7 heteroatoms. The molecule has 1 aromatic rings. The van der Waals surface area contributed by atoms with E-state index >= 15 is 0 Å². The van der Waals surface area contributed by atoms with Gasteiger partial charge in [0, 0.05) is 31.0 Å². The van der Waals surface area contributed by atoms with E-state index in [0.717, 1.165) is 11.3 Å². The first-order valence-electron chi connectivity index (χ1n) is 5.26. The third-order valence-electron chi connectivity index (χ3n) is 2.67. The third kappa shape index (κ3) is 4.08. The van der Waals surface area contributed by atoms with Crippen LogP contribution in [0.3, 0.4) is 0 Å². The number of rotatable bonds is 2. The summed E-state index contributed by atoms with van der Waals surface area (Å²) in [6.07, 6.45) is 2.61. The van der Waals surface area contributed by atoms with Gasteiger partial charge >= 0.3 is 0 Å². The van der Waals surface area contributed by atoms with E-state index in [1.807, 2.05) is 6.92 Å². The lowest BCUT2D eigenvalue weighted by Gasteiger charge is -2.12. The quantitative estimate of drug-likeness (QED) is 0.876. The summed E-state index contributed by atoms with van der Waals surface area (Å²) in [6, 6.07) is 1.30. The van der Waals surface area contributed by atoms with Gasteiger partial charge < -0.3 is 10.6 Å². The van der Waals surface area contributed by atoms with Crippen molar-refractivity contribution in [3.05, 3.63) is 24.0 Å². The molecule has 0 unspecified atom stereocenters.